The largest absolute Gasteiger partial charge is 0.486 e. The summed E-state index contributed by atoms with van der Waals surface area (Å²) in [6.45, 7) is 0.351. The highest BCUT2D eigenvalue weighted by atomic mass is 35.5. The Bertz CT molecular complexity index is 485. The van der Waals surface area contributed by atoms with Gasteiger partial charge < -0.3 is 4.74 Å². The van der Waals surface area contributed by atoms with Crippen LogP contribution in [-0.2, 0) is 12.5 Å². The SMILES string of the molecule is Fc1ccc(CCl)cc1OCc1ccccc1. The maximum absolute atomic E-state index is 13.4. The van der Waals surface area contributed by atoms with Gasteiger partial charge in [-0.3, -0.25) is 0 Å². The zero-order valence-electron chi connectivity index (χ0n) is 9.20. The number of benzene rings is 2. The van der Waals surface area contributed by atoms with Crippen LogP contribution in [0.25, 0.3) is 0 Å². The minimum Gasteiger partial charge on any atom is -0.486 e. The predicted octanol–water partition coefficient (Wildman–Crippen LogP) is 4.14. The van der Waals surface area contributed by atoms with Crippen molar-refractivity contribution in [3.05, 3.63) is 65.5 Å². The van der Waals surface area contributed by atoms with Crippen LogP contribution in [0.15, 0.2) is 48.5 Å². The van der Waals surface area contributed by atoms with Crippen molar-refractivity contribution in [1.29, 1.82) is 0 Å². The Morgan fingerprint density at radius 3 is 2.47 bits per heavy atom. The number of ether oxygens (including phenoxy) is 1. The molecule has 3 heteroatoms. The molecule has 0 spiro atoms. The third-order valence-electron chi connectivity index (χ3n) is 2.39. The van der Waals surface area contributed by atoms with Gasteiger partial charge in [0.15, 0.2) is 11.6 Å². The normalized spacial score (nSPS) is 10.2. The second kappa shape index (κ2) is 5.69. The van der Waals surface area contributed by atoms with Gasteiger partial charge in [-0.1, -0.05) is 36.4 Å². The van der Waals surface area contributed by atoms with Gasteiger partial charge in [-0.2, -0.15) is 0 Å². The molecule has 17 heavy (non-hydrogen) atoms. The molecule has 2 aromatic carbocycles. The minimum atomic E-state index is -0.366. The highest BCUT2D eigenvalue weighted by Gasteiger charge is 2.04. The molecule has 0 heterocycles. The van der Waals surface area contributed by atoms with E-state index in [2.05, 4.69) is 0 Å². The van der Waals surface area contributed by atoms with Crippen molar-refractivity contribution < 1.29 is 9.13 Å². The van der Waals surface area contributed by atoms with Gasteiger partial charge in [0.1, 0.15) is 6.61 Å². The number of halogens is 2. The van der Waals surface area contributed by atoms with Gasteiger partial charge in [0.05, 0.1) is 0 Å². The monoisotopic (exact) mass is 250 g/mol. The molecule has 0 aliphatic heterocycles. The Hall–Kier alpha value is -1.54. The first-order valence-corrected chi connectivity index (χ1v) is 5.84. The quantitative estimate of drug-likeness (QED) is 0.741. The van der Waals surface area contributed by atoms with Crippen molar-refractivity contribution in [3.8, 4) is 5.75 Å². The van der Waals surface area contributed by atoms with E-state index in [-0.39, 0.29) is 11.6 Å². The molecular formula is C14H12ClFO. The fourth-order valence-corrected chi connectivity index (χ4v) is 1.64. The molecule has 0 saturated heterocycles. The van der Waals surface area contributed by atoms with E-state index in [1.165, 1.54) is 6.07 Å². The van der Waals surface area contributed by atoms with Crippen molar-refractivity contribution in [2.24, 2.45) is 0 Å². The molecule has 88 valence electrons. The average Bonchev–Trinajstić information content (AvgIpc) is 2.39. The zero-order chi connectivity index (χ0) is 12.1. The van der Waals surface area contributed by atoms with Crippen LogP contribution in [-0.4, -0.2) is 0 Å². The first-order chi connectivity index (χ1) is 8.29. The maximum Gasteiger partial charge on any atom is 0.165 e. The molecule has 0 atom stereocenters. The maximum atomic E-state index is 13.4. The van der Waals surface area contributed by atoms with Crippen LogP contribution >= 0.6 is 11.6 Å². The van der Waals surface area contributed by atoms with Crippen molar-refractivity contribution in [2.75, 3.05) is 0 Å². The second-order valence-corrected chi connectivity index (χ2v) is 3.94. The van der Waals surface area contributed by atoms with Gasteiger partial charge in [-0.05, 0) is 23.3 Å². The van der Waals surface area contributed by atoms with Crippen LogP contribution in [0.4, 0.5) is 4.39 Å². The van der Waals surface area contributed by atoms with Gasteiger partial charge in [0, 0.05) is 5.88 Å². The summed E-state index contributed by atoms with van der Waals surface area (Å²) in [5.41, 5.74) is 1.85. The van der Waals surface area contributed by atoms with Crippen molar-refractivity contribution in [1.82, 2.24) is 0 Å². The Balaban J connectivity index is 2.08. The number of alkyl halides is 1. The molecule has 2 rings (SSSR count). The Kier molecular flexibility index (Phi) is 3.99. The van der Waals surface area contributed by atoms with Gasteiger partial charge in [0.25, 0.3) is 0 Å². The minimum absolute atomic E-state index is 0.243. The molecular weight excluding hydrogens is 239 g/mol. The van der Waals surface area contributed by atoms with Crippen molar-refractivity contribution in [3.63, 3.8) is 0 Å². The van der Waals surface area contributed by atoms with Gasteiger partial charge in [0.2, 0.25) is 0 Å². The molecule has 0 radical (unpaired) electrons. The van der Waals surface area contributed by atoms with Crippen LogP contribution in [0.5, 0.6) is 5.75 Å². The predicted molar refractivity (Wildman–Crippen MR) is 66.7 cm³/mol. The van der Waals surface area contributed by atoms with Gasteiger partial charge in [-0.15, -0.1) is 11.6 Å². The zero-order valence-corrected chi connectivity index (χ0v) is 9.95. The molecule has 0 aliphatic carbocycles. The van der Waals surface area contributed by atoms with E-state index in [9.17, 15) is 4.39 Å². The summed E-state index contributed by atoms with van der Waals surface area (Å²) >= 11 is 5.69. The molecule has 0 aromatic heterocycles. The Morgan fingerprint density at radius 1 is 1.00 bits per heavy atom. The summed E-state index contributed by atoms with van der Waals surface area (Å²) in [5, 5.41) is 0. The Morgan fingerprint density at radius 2 is 1.76 bits per heavy atom. The second-order valence-electron chi connectivity index (χ2n) is 3.67. The lowest BCUT2D eigenvalue weighted by molar-refractivity contribution is 0.290. The van der Waals surface area contributed by atoms with E-state index in [1.807, 2.05) is 30.3 Å². The van der Waals surface area contributed by atoms with E-state index in [1.54, 1.807) is 12.1 Å². The van der Waals surface area contributed by atoms with E-state index < -0.39 is 0 Å². The summed E-state index contributed by atoms with van der Waals surface area (Å²) in [4.78, 5) is 0. The fourth-order valence-electron chi connectivity index (χ4n) is 1.48. The van der Waals surface area contributed by atoms with Gasteiger partial charge in [-0.25, -0.2) is 4.39 Å². The average molecular weight is 251 g/mol. The number of rotatable bonds is 4. The van der Waals surface area contributed by atoms with Crippen LogP contribution < -0.4 is 4.74 Å². The lowest BCUT2D eigenvalue weighted by Crippen LogP contribution is -1.97. The van der Waals surface area contributed by atoms with E-state index in [0.717, 1.165) is 11.1 Å². The first kappa shape index (κ1) is 11.9. The summed E-state index contributed by atoms with van der Waals surface area (Å²) in [6.07, 6.45) is 0. The van der Waals surface area contributed by atoms with Crippen LogP contribution in [0.2, 0.25) is 0 Å². The van der Waals surface area contributed by atoms with Crippen molar-refractivity contribution >= 4 is 11.6 Å². The molecule has 0 fully saturated rings. The first-order valence-electron chi connectivity index (χ1n) is 5.30. The number of hydrogen-bond acceptors (Lipinski definition) is 1. The summed E-state index contributed by atoms with van der Waals surface area (Å²) in [5.74, 6) is 0.226. The third-order valence-corrected chi connectivity index (χ3v) is 2.70. The molecule has 0 N–H and O–H groups in total. The standard InChI is InChI=1S/C14H12ClFO/c15-9-12-6-7-13(16)14(8-12)17-10-11-4-2-1-3-5-11/h1-8H,9-10H2. The molecule has 1 nitrogen and oxygen atoms in total. The molecule has 0 bridgehead atoms. The van der Waals surface area contributed by atoms with E-state index in [0.29, 0.717) is 12.5 Å². The highest BCUT2D eigenvalue weighted by Crippen LogP contribution is 2.21. The molecule has 0 amide bonds. The fraction of sp³-hybridized carbons (Fsp3) is 0.143. The summed E-state index contributed by atoms with van der Waals surface area (Å²) in [6, 6.07) is 14.3. The molecule has 0 saturated carbocycles. The van der Waals surface area contributed by atoms with E-state index >= 15 is 0 Å². The summed E-state index contributed by atoms with van der Waals surface area (Å²) < 4.78 is 18.9. The smallest absolute Gasteiger partial charge is 0.165 e. The van der Waals surface area contributed by atoms with Crippen molar-refractivity contribution in [2.45, 2.75) is 12.5 Å². The molecule has 0 aliphatic rings. The Labute approximate surface area is 105 Å². The van der Waals surface area contributed by atoms with E-state index in [4.69, 9.17) is 16.3 Å². The van der Waals surface area contributed by atoms with Crippen LogP contribution in [0, 0.1) is 5.82 Å². The summed E-state index contributed by atoms with van der Waals surface area (Å²) in [7, 11) is 0. The third kappa shape index (κ3) is 3.21. The molecule has 0 unspecified atom stereocenters. The lowest BCUT2D eigenvalue weighted by atomic mass is 10.2. The number of hydrogen-bond donors (Lipinski definition) is 0. The van der Waals surface area contributed by atoms with Crippen LogP contribution in [0.1, 0.15) is 11.1 Å². The topological polar surface area (TPSA) is 9.23 Å². The van der Waals surface area contributed by atoms with Gasteiger partial charge >= 0.3 is 0 Å². The lowest BCUT2D eigenvalue weighted by Gasteiger charge is -2.08. The highest BCUT2D eigenvalue weighted by molar-refractivity contribution is 6.17. The van der Waals surface area contributed by atoms with Crippen LogP contribution in [0.3, 0.4) is 0 Å². The molecule has 2 aromatic rings.